The van der Waals surface area contributed by atoms with Crippen LogP contribution in [-0.4, -0.2) is 9.79 Å². The van der Waals surface area contributed by atoms with Crippen molar-refractivity contribution in [3.05, 3.63) is 35.9 Å². The first kappa shape index (κ1) is 11.3. The average Bonchev–Trinajstić information content (AvgIpc) is 2.14. The van der Waals surface area contributed by atoms with Crippen LogP contribution in [0.3, 0.4) is 0 Å². The van der Waals surface area contributed by atoms with Crippen molar-refractivity contribution in [3.63, 3.8) is 0 Å². The molecule has 0 amide bonds. The average molecular weight is 236 g/mol. The van der Waals surface area contributed by atoms with E-state index in [-0.39, 0.29) is 0 Å². The minimum absolute atomic E-state index is 0.786. The molecule has 0 fully saturated rings. The summed E-state index contributed by atoms with van der Waals surface area (Å²) in [5, 5.41) is 0. The van der Waals surface area contributed by atoms with Gasteiger partial charge in [0.05, 0.1) is 11.1 Å². The fraction of sp³-hybridized carbons (Fsp3) is 0.143. The first-order valence-electron chi connectivity index (χ1n) is 3.47. The predicted octanol–water partition coefficient (Wildman–Crippen LogP) is 2.71. The van der Waals surface area contributed by atoms with Gasteiger partial charge in [0.25, 0.3) is 0 Å². The van der Waals surface area contributed by atoms with Crippen LogP contribution in [0.2, 0.25) is 0 Å². The van der Waals surface area contributed by atoms with Gasteiger partial charge < -0.3 is 9.79 Å². The molecule has 1 aromatic rings. The topological polar surface area (TPSA) is 49.7 Å². The molecule has 72 valence electrons. The number of hydrogen-bond donors (Lipinski definition) is 2. The lowest BCUT2D eigenvalue weighted by Crippen LogP contribution is -1.76. The lowest BCUT2D eigenvalue weighted by atomic mass is 10.2. The van der Waals surface area contributed by atoms with Gasteiger partial charge in [0.1, 0.15) is 0 Å². The highest BCUT2D eigenvalue weighted by molar-refractivity contribution is 8.75. The molecule has 0 aliphatic carbocycles. The molecule has 13 heavy (non-hydrogen) atoms. The summed E-state index contributed by atoms with van der Waals surface area (Å²) in [5.74, 6) is 0.786. The molecule has 1 rings (SSSR count). The molecule has 3 nitrogen and oxygen atoms in total. The van der Waals surface area contributed by atoms with Gasteiger partial charge in [-0.25, -0.2) is 3.97 Å². The molecule has 0 spiro atoms. The summed E-state index contributed by atoms with van der Waals surface area (Å²) >= 11 is 1.00. The van der Waals surface area contributed by atoms with Crippen LogP contribution >= 0.6 is 30.5 Å². The van der Waals surface area contributed by atoms with Crippen molar-refractivity contribution < 1.29 is 13.8 Å². The Morgan fingerprint density at radius 1 is 1.23 bits per heavy atom. The molecule has 0 radical (unpaired) electrons. The van der Waals surface area contributed by atoms with Crippen molar-refractivity contribution in [1.82, 2.24) is 0 Å². The van der Waals surface area contributed by atoms with Crippen molar-refractivity contribution in [2.75, 3.05) is 0 Å². The Balaban J connectivity index is 2.13. The molecule has 2 N–H and O–H groups in total. The summed E-state index contributed by atoms with van der Waals surface area (Å²) in [7, 11) is -0.814. The molecule has 0 aromatic heterocycles. The Labute approximate surface area is 86.1 Å². The highest BCUT2D eigenvalue weighted by atomic mass is 33.1. The Morgan fingerprint density at radius 3 is 2.54 bits per heavy atom. The van der Waals surface area contributed by atoms with E-state index in [4.69, 9.17) is 9.79 Å². The van der Waals surface area contributed by atoms with Gasteiger partial charge in [-0.1, -0.05) is 41.1 Å². The first-order chi connectivity index (χ1) is 6.29. The van der Waals surface area contributed by atoms with Gasteiger partial charge >= 0.3 is 8.60 Å². The summed E-state index contributed by atoms with van der Waals surface area (Å²) in [6.45, 7) is 0. The van der Waals surface area contributed by atoms with Gasteiger partial charge in [0.15, 0.2) is 0 Å². The van der Waals surface area contributed by atoms with Crippen LogP contribution in [0.5, 0.6) is 0 Å². The van der Waals surface area contributed by atoms with Crippen LogP contribution in [-0.2, 0) is 9.72 Å². The normalized spacial score (nSPS) is 10.7. The molecule has 0 aliphatic rings. The number of benzene rings is 1. The Hall–Kier alpha value is 0.230. The number of hydrogen-bond acceptors (Lipinski definition) is 5. The molecular formula is C7H9O3PS2. The summed E-state index contributed by atoms with van der Waals surface area (Å²) in [5.41, 5.74) is 1.18. The van der Waals surface area contributed by atoms with Crippen molar-refractivity contribution in [3.8, 4) is 0 Å². The highest BCUT2D eigenvalue weighted by Gasteiger charge is 2.00. The van der Waals surface area contributed by atoms with Crippen LogP contribution in [0.1, 0.15) is 5.56 Å². The minimum Gasteiger partial charge on any atom is -0.327 e. The van der Waals surface area contributed by atoms with Crippen molar-refractivity contribution in [1.29, 1.82) is 0 Å². The van der Waals surface area contributed by atoms with Crippen LogP contribution in [0.25, 0.3) is 0 Å². The third-order valence-electron chi connectivity index (χ3n) is 1.21. The number of rotatable bonds is 5. The zero-order valence-corrected chi connectivity index (χ0v) is 9.19. The molecule has 0 saturated carbocycles. The van der Waals surface area contributed by atoms with E-state index in [0.717, 1.165) is 16.8 Å². The van der Waals surface area contributed by atoms with Gasteiger partial charge in [-0.15, -0.1) is 0 Å². The molecule has 6 heteroatoms. The molecule has 0 heterocycles. The fourth-order valence-electron chi connectivity index (χ4n) is 0.715. The Morgan fingerprint density at radius 2 is 1.92 bits per heavy atom. The molecule has 1 aromatic carbocycles. The van der Waals surface area contributed by atoms with Crippen LogP contribution in [0.4, 0.5) is 0 Å². The van der Waals surface area contributed by atoms with E-state index in [1.54, 1.807) is 0 Å². The van der Waals surface area contributed by atoms with Crippen molar-refractivity contribution >= 4 is 30.5 Å². The van der Waals surface area contributed by atoms with Crippen LogP contribution in [0, 0.1) is 0 Å². The van der Waals surface area contributed by atoms with Crippen molar-refractivity contribution in [2.24, 2.45) is 0 Å². The van der Waals surface area contributed by atoms with E-state index in [1.165, 1.54) is 16.4 Å². The van der Waals surface area contributed by atoms with Gasteiger partial charge in [-0.2, -0.15) is 0 Å². The summed E-state index contributed by atoms with van der Waals surface area (Å²) < 4.78 is 4.52. The molecule has 0 unspecified atom stereocenters. The zero-order chi connectivity index (χ0) is 9.52. The first-order valence-corrected chi connectivity index (χ1v) is 6.88. The quantitative estimate of drug-likeness (QED) is 0.356. The second kappa shape index (κ2) is 6.65. The predicted molar refractivity (Wildman–Crippen MR) is 57.8 cm³/mol. The van der Waals surface area contributed by atoms with Crippen molar-refractivity contribution in [2.45, 2.75) is 5.75 Å². The Kier molecular flexibility index (Phi) is 5.78. The van der Waals surface area contributed by atoms with Gasteiger partial charge in [-0.3, -0.25) is 0 Å². The van der Waals surface area contributed by atoms with E-state index < -0.39 is 8.60 Å². The minimum atomic E-state index is -2.24. The summed E-state index contributed by atoms with van der Waals surface area (Å²) in [4.78, 5) is 16.8. The van der Waals surface area contributed by atoms with E-state index in [2.05, 4.69) is 3.97 Å². The van der Waals surface area contributed by atoms with Crippen LogP contribution in [0.15, 0.2) is 30.3 Å². The van der Waals surface area contributed by atoms with E-state index in [0.29, 0.717) is 0 Å². The second-order valence-electron chi connectivity index (χ2n) is 2.14. The maximum atomic E-state index is 8.41. The molecule has 0 saturated heterocycles. The Bertz CT molecular complexity index is 232. The maximum Gasteiger partial charge on any atom is 0.340 e. The lowest BCUT2D eigenvalue weighted by Gasteiger charge is -2.01. The third kappa shape index (κ3) is 5.52. The standard InChI is InChI=1S/C7H9O3PS2/c8-11(9)10-13-12-6-7-4-2-1-3-5-7/h1-5,8-9H,6H2. The van der Waals surface area contributed by atoms with E-state index >= 15 is 0 Å². The largest absolute Gasteiger partial charge is 0.340 e. The highest BCUT2D eigenvalue weighted by Crippen LogP contribution is 2.38. The monoisotopic (exact) mass is 236 g/mol. The maximum absolute atomic E-state index is 8.41. The SMILES string of the molecule is OP(O)OSSCc1ccccc1. The smallest absolute Gasteiger partial charge is 0.327 e. The second-order valence-corrected chi connectivity index (χ2v) is 5.02. The van der Waals surface area contributed by atoms with Gasteiger partial charge in [0, 0.05) is 5.75 Å². The fourth-order valence-corrected chi connectivity index (χ4v) is 2.91. The molecule has 0 bridgehead atoms. The summed E-state index contributed by atoms with van der Waals surface area (Å²) in [6.07, 6.45) is 0. The molecular weight excluding hydrogens is 227 g/mol. The third-order valence-corrected chi connectivity index (χ3v) is 3.73. The summed E-state index contributed by atoms with van der Waals surface area (Å²) in [6, 6.07) is 9.90. The molecule has 0 aliphatic heterocycles. The molecule has 0 atom stereocenters. The lowest BCUT2D eigenvalue weighted by molar-refractivity contribution is 0.399. The van der Waals surface area contributed by atoms with E-state index in [1.807, 2.05) is 30.3 Å². The zero-order valence-electron chi connectivity index (χ0n) is 6.66. The van der Waals surface area contributed by atoms with E-state index in [9.17, 15) is 0 Å². The van der Waals surface area contributed by atoms with Gasteiger partial charge in [0.2, 0.25) is 0 Å². The van der Waals surface area contributed by atoms with Crippen LogP contribution < -0.4 is 0 Å². The van der Waals surface area contributed by atoms with Gasteiger partial charge in [-0.05, 0) is 5.56 Å².